The first kappa shape index (κ1) is 31.1. The number of aromatic hydroxyl groups is 2. The summed E-state index contributed by atoms with van der Waals surface area (Å²) in [7, 11) is 0. The van der Waals surface area contributed by atoms with Crippen molar-refractivity contribution in [2.75, 3.05) is 26.3 Å². The van der Waals surface area contributed by atoms with Gasteiger partial charge in [0.15, 0.2) is 0 Å². The molecular weight excluding hydrogens is 510 g/mol. The Morgan fingerprint density at radius 2 is 1.50 bits per heavy atom. The maximum atomic E-state index is 12.7. The molecule has 0 aliphatic carbocycles. The van der Waals surface area contributed by atoms with Gasteiger partial charge in [-0.05, 0) is 68.5 Å². The third kappa shape index (κ3) is 9.95. The zero-order valence-electron chi connectivity index (χ0n) is 22.9. The molecule has 3 rings (SSSR count). The Morgan fingerprint density at radius 1 is 0.800 bits per heavy atom. The van der Waals surface area contributed by atoms with Crippen LogP contribution in [0.15, 0.2) is 66.7 Å². The molecule has 0 amide bonds. The molecule has 0 radical (unpaired) electrons. The number of para-hydroxylation sites is 1. The number of unbranched alkanes of at least 4 members (excludes halogenated alkanes) is 4. The molecule has 0 saturated heterocycles. The molecule has 0 heterocycles. The number of aliphatic hydroxyl groups excluding tert-OH is 2. The van der Waals surface area contributed by atoms with Gasteiger partial charge in [0, 0.05) is 25.3 Å². The van der Waals surface area contributed by atoms with Crippen molar-refractivity contribution < 1.29 is 34.7 Å². The van der Waals surface area contributed by atoms with E-state index < -0.39 is 18.7 Å². The van der Waals surface area contributed by atoms with Gasteiger partial charge in [0.05, 0.1) is 18.3 Å². The van der Waals surface area contributed by atoms with Crippen LogP contribution < -0.4 is 10.1 Å². The fraction of sp³-hybridized carbons (Fsp3) is 0.406. The SMILES string of the molecule is O=C(Oc1c(C(O)CNCCCCCCOCCCCc2ccccc2)ccc(O)c1CO)c1ccccc1O. The predicted molar refractivity (Wildman–Crippen MR) is 154 cm³/mol. The first-order valence-electron chi connectivity index (χ1n) is 14.0. The minimum atomic E-state index is -1.05. The standard InChI is InChI=1S/C32H41NO7/c34-23-27-29(36)18-17-25(31(27)40-32(38)26-15-6-7-16-28(26)35)30(37)22-33-19-9-1-2-10-20-39-21-11-8-14-24-12-4-3-5-13-24/h3-7,12-13,15-18,30,33-37H,1-2,8-11,14,19-23H2. The number of ether oxygens (including phenoxy) is 2. The molecule has 0 aliphatic heterocycles. The number of carbonyl (C=O) groups is 1. The molecule has 0 aliphatic rings. The quantitative estimate of drug-likeness (QED) is 0.0846. The summed E-state index contributed by atoms with van der Waals surface area (Å²) in [5.41, 5.74) is 1.54. The first-order valence-corrected chi connectivity index (χ1v) is 14.0. The highest BCUT2D eigenvalue weighted by atomic mass is 16.5. The van der Waals surface area contributed by atoms with E-state index in [1.54, 1.807) is 12.1 Å². The molecular formula is C32H41NO7. The largest absolute Gasteiger partial charge is 0.507 e. The number of phenols is 2. The maximum absolute atomic E-state index is 12.7. The summed E-state index contributed by atoms with van der Waals surface area (Å²) < 4.78 is 11.2. The summed E-state index contributed by atoms with van der Waals surface area (Å²) in [6.45, 7) is 1.87. The van der Waals surface area contributed by atoms with Gasteiger partial charge in [-0.2, -0.15) is 0 Å². The Bertz CT molecular complexity index is 1170. The number of rotatable bonds is 18. The van der Waals surface area contributed by atoms with Gasteiger partial charge in [0.1, 0.15) is 22.8 Å². The Morgan fingerprint density at radius 3 is 2.25 bits per heavy atom. The van der Waals surface area contributed by atoms with Gasteiger partial charge in [-0.1, -0.05) is 55.3 Å². The average Bonchev–Trinajstić information content (AvgIpc) is 2.96. The summed E-state index contributed by atoms with van der Waals surface area (Å²) in [5.74, 6) is -1.50. The Balaban J connectivity index is 1.33. The van der Waals surface area contributed by atoms with E-state index in [1.807, 2.05) is 6.07 Å². The second-order valence-corrected chi connectivity index (χ2v) is 9.74. The molecule has 1 atom stereocenters. The van der Waals surface area contributed by atoms with E-state index in [9.17, 15) is 25.2 Å². The number of hydrogen-bond acceptors (Lipinski definition) is 8. The lowest BCUT2D eigenvalue weighted by Crippen LogP contribution is -2.23. The highest BCUT2D eigenvalue weighted by Crippen LogP contribution is 2.36. The Kier molecular flexibility index (Phi) is 13.5. The summed E-state index contributed by atoms with van der Waals surface area (Å²) in [6.07, 6.45) is 6.31. The van der Waals surface area contributed by atoms with Gasteiger partial charge >= 0.3 is 5.97 Å². The molecule has 40 heavy (non-hydrogen) atoms. The summed E-state index contributed by atoms with van der Waals surface area (Å²) in [4.78, 5) is 12.7. The molecule has 0 bridgehead atoms. The van der Waals surface area contributed by atoms with Crippen LogP contribution in [-0.2, 0) is 17.8 Å². The normalized spacial score (nSPS) is 11.8. The van der Waals surface area contributed by atoms with E-state index in [2.05, 4.69) is 29.6 Å². The van der Waals surface area contributed by atoms with Crippen molar-refractivity contribution in [2.24, 2.45) is 0 Å². The van der Waals surface area contributed by atoms with Crippen molar-refractivity contribution in [3.05, 3.63) is 89.0 Å². The third-order valence-electron chi connectivity index (χ3n) is 6.68. The molecule has 0 spiro atoms. The molecule has 5 N–H and O–H groups in total. The minimum Gasteiger partial charge on any atom is -0.507 e. The van der Waals surface area contributed by atoms with Crippen LogP contribution in [0.5, 0.6) is 17.2 Å². The zero-order chi connectivity index (χ0) is 28.6. The van der Waals surface area contributed by atoms with Gasteiger partial charge in [0.2, 0.25) is 0 Å². The summed E-state index contributed by atoms with van der Waals surface area (Å²) >= 11 is 0. The lowest BCUT2D eigenvalue weighted by Gasteiger charge is -2.19. The maximum Gasteiger partial charge on any atom is 0.347 e. The van der Waals surface area contributed by atoms with E-state index in [-0.39, 0.29) is 40.5 Å². The average molecular weight is 552 g/mol. The smallest absolute Gasteiger partial charge is 0.347 e. The number of phenolic OH excluding ortho intramolecular Hbond substituents is 1. The van der Waals surface area contributed by atoms with Gasteiger partial charge < -0.3 is 35.2 Å². The van der Waals surface area contributed by atoms with Crippen molar-refractivity contribution >= 4 is 5.97 Å². The third-order valence-corrected chi connectivity index (χ3v) is 6.68. The molecule has 0 fully saturated rings. The minimum absolute atomic E-state index is 0.0151. The predicted octanol–water partition coefficient (Wildman–Crippen LogP) is 5.03. The summed E-state index contributed by atoms with van der Waals surface area (Å²) in [6, 6.07) is 19.2. The van der Waals surface area contributed by atoms with Crippen LogP contribution in [-0.4, -0.2) is 52.7 Å². The first-order chi connectivity index (χ1) is 19.5. The van der Waals surface area contributed by atoms with Crippen LogP contribution in [0, 0.1) is 0 Å². The van der Waals surface area contributed by atoms with Crippen LogP contribution in [0.3, 0.4) is 0 Å². The van der Waals surface area contributed by atoms with Crippen molar-refractivity contribution in [3.8, 4) is 17.2 Å². The van der Waals surface area contributed by atoms with E-state index in [0.29, 0.717) is 6.54 Å². The Labute approximate surface area is 236 Å². The van der Waals surface area contributed by atoms with Crippen molar-refractivity contribution in [1.29, 1.82) is 0 Å². The fourth-order valence-corrected chi connectivity index (χ4v) is 4.40. The topological polar surface area (TPSA) is 128 Å². The molecule has 3 aromatic carbocycles. The molecule has 8 heteroatoms. The van der Waals surface area contributed by atoms with Crippen LogP contribution in [0.2, 0.25) is 0 Å². The number of aliphatic hydroxyl groups is 2. The van der Waals surface area contributed by atoms with Gasteiger partial charge in [0.25, 0.3) is 0 Å². The number of benzene rings is 3. The van der Waals surface area contributed by atoms with Crippen LogP contribution in [0.4, 0.5) is 0 Å². The monoisotopic (exact) mass is 551 g/mol. The summed E-state index contributed by atoms with van der Waals surface area (Å²) in [5, 5.41) is 43.9. The number of nitrogens with one attached hydrogen (secondary N) is 1. The van der Waals surface area contributed by atoms with Crippen LogP contribution >= 0.6 is 0 Å². The van der Waals surface area contributed by atoms with Crippen molar-refractivity contribution in [1.82, 2.24) is 5.32 Å². The zero-order valence-corrected chi connectivity index (χ0v) is 22.9. The van der Waals surface area contributed by atoms with Crippen molar-refractivity contribution in [2.45, 2.75) is 57.7 Å². The number of esters is 1. The van der Waals surface area contributed by atoms with Gasteiger partial charge in [-0.15, -0.1) is 0 Å². The fourth-order valence-electron chi connectivity index (χ4n) is 4.40. The van der Waals surface area contributed by atoms with E-state index in [0.717, 1.165) is 58.2 Å². The Hall–Kier alpha value is -3.43. The van der Waals surface area contributed by atoms with Crippen LogP contribution in [0.1, 0.15) is 71.7 Å². The van der Waals surface area contributed by atoms with Crippen LogP contribution in [0.25, 0.3) is 0 Å². The molecule has 0 saturated carbocycles. The van der Waals surface area contributed by atoms with Gasteiger partial charge in [-0.25, -0.2) is 4.79 Å². The second kappa shape index (κ2) is 17.3. The molecule has 8 nitrogen and oxygen atoms in total. The lowest BCUT2D eigenvalue weighted by molar-refractivity contribution is 0.0719. The van der Waals surface area contributed by atoms with E-state index in [1.165, 1.54) is 29.8 Å². The second-order valence-electron chi connectivity index (χ2n) is 9.74. The lowest BCUT2D eigenvalue weighted by atomic mass is 10.0. The number of aryl methyl sites for hydroxylation is 1. The molecule has 3 aromatic rings. The molecule has 1 unspecified atom stereocenters. The van der Waals surface area contributed by atoms with E-state index in [4.69, 9.17) is 9.47 Å². The molecule has 216 valence electrons. The number of carbonyl (C=O) groups excluding carboxylic acids is 1. The number of hydrogen-bond donors (Lipinski definition) is 5. The highest BCUT2D eigenvalue weighted by Gasteiger charge is 2.23. The molecule has 0 aromatic heterocycles. The van der Waals surface area contributed by atoms with Crippen molar-refractivity contribution in [3.63, 3.8) is 0 Å². The highest BCUT2D eigenvalue weighted by molar-refractivity contribution is 5.94. The van der Waals surface area contributed by atoms with Gasteiger partial charge in [-0.3, -0.25) is 0 Å². The van der Waals surface area contributed by atoms with E-state index >= 15 is 0 Å².